The molecular weight excluding hydrogens is 354 g/mol. The van der Waals surface area contributed by atoms with Crippen molar-refractivity contribution in [2.45, 2.75) is 0 Å². The average Bonchev–Trinajstić information content (AvgIpc) is 3.23. The highest BCUT2D eigenvalue weighted by atomic mass is 16.7. The van der Waals surface area contributed by atoms with Crippen LogP contribution in [0.1, 0.15) is 10.4 Å². The minimum absolute atomic E-state index is 0.436. The molecule has 3 aromatic heterocycles. The topological polar surface area (TPSA) is 65.2 Å². The number of ether oxygens (including phenoxy) is 1. The standard InChI is InChI=1S/C22H15N3O3/c1-27-17-10-9-14-11-12-23-20-18(14)21(17)25-13-5-8-16(25)19(20)24-28-22(26)15-6-3-2-4-7-15/h2-13H,1H3/b24-19-. The van der Waals surface area contributed by atoms with Crippen LogP contribution in [0.25, 0.3) is 27.3 Å². The van der Waals surface area contributed by atoms with E-state index in [0.29, 0.717) is 16.4 Å². The molecule has 0 saturated carbocycles. The fourth-order valence-corrected chi connectivity index (χ4v) is 3.51. The number of carbonyl (C=O) groups excluding carboxylic acids is 1. The molecule has 28 heavy (non-hydrogen) atoms. The third kappa shape index (κ3) is 2.39. The smallest absolute Gasteiger partial charge is 0.365 e. The van der Waals surface area contributed by atoms with Crippen LogP contribution in [0, 0.1) is 0 Å². The van der Waals surface area contributed by atoms with Gasteiger partial charge in [-0.3, -0.25) is 4.98 Å². The lowest BCUT2D eigenvalue weighted by Gasteiger charge is -2.12. The van der Waals surface area contributed by atoms with E-state index in [4.69, 9.17) is 9.57 Å². The second kappa shape index (κ2) is 6.35. The molecule has 0 aliphatic heterocycles. The Labute approximate surface area is 159 Å². The van der Waals surface area contributed by atoms with Gasteiger partial charge in [0.25, 0.3) is 0 Å². The molecule has 0 aliphatic rings. The van der Waals surface area contributed by atoms with E-state index in [1.54, 1.807) is 37.6 Å². The summed E-state index contributed by atoms with van der Waals surface area (Å²) in [5.74, 6) is 0.217. The van der Waals surface area contributed by atoms with Gasteiger partial charge in [0.1, 0.15) is 11.3 Å². The molecular formula is C22H15N3O3. The average molecular weight is 369 g/mol. The van der Waals surface area contributed by atoms with Gasteiger partial charge in [-0.05, 0) is 41.8 Å². The minimum Gasteiger partial charge on any atom is -0.495 e. The largest absolute Gasteiger partial charge is 0.495 e. The van der Waals surface area contributed by atoms with Gasteiger partial charge < -0.3 is 14.0 Å². The lowest BCUT2D eigenvalue weighted by Crippen LogP contribution is -2.13. The molecule has 6 nitrogen and oxygen atoms in total. The van der Waals surface area contributed by atoms with Gasteiger partial charge in [0.2, 0.25) is 0 Å². The molecule has 0 unspecified atom stereocenters. The van der Waals surface area contributed by atoms with Crippen LogP contribution >= 0.6 is 0 Å². The van der Waals surface area contributed by atoms with Gasteiger partial charge in [0.15, 0.2) is 5.36 Å². The lowest BCUT2D eigenvalue weighted by molar-refractivity contribution is 0.0499. The Morgan fingerprint density at radius 3 is 2.71 bits per heavy atom. The molecule has 5 rings (SSSR count). The number of fused-ring (bicyclic) bond motifs is 2. The molecule has 6 heteroatoms. The third-order valence-corrected chi connectivity index (χ3v) is 4.77. The first kappa shape index (κ1) is 16.3. The summed E-state index contributed by atoms with van der Waals surface area (Å²) in [6.07, 6.45) is 3.65. The maximum Gasteiger partial charge on any atom is 0.365 e. The SMILES string of the molecule is COc1ccc2ccnc3/c(=N\OC(=O)c4ccccc4)c4cccn4c1c23. The highest BCUT2D eigenvalue weighted by Crippen LogP contribution is 2.32. The summed E-state index contributed by atoms with van der Waals surface area (Å²) in [4.78, 5) is 22.1. The summed E-state index contributed by atoms with van der Waals surface area (Å²) in [5, 5.41) is 6.60. The van der Waals surface area contributed by atoms with Gasteiger partial charge in [-0.2, -0.15) is 0 Å². The Kier molecular flexibility index (Phi) is 3.69. The van der Waals surface area contributed by atoms with Crippen molar-refractivity contribution >= 4 is 33.3 Å². The Bertz CT molecular complexity index is 1390. The summed E-state index contributed by atoms with van der Waals surface area (Å²) in [6, 6.07) is 18.4. The fraction of sp³-hybridized carbons (Fsp3) is 0.0455. The van der Waals surface area contributed by atoms with Crippen LogP contribution < -0.4 is 10.1 Å². The molecule has 3 heterocycles. The van der Waals surface area contributed by atoms with Crippen molar-refractivity contribution < 1.29 is 14.4 Å². The zero-order valence-electron chi connectivity index (χ0n) is 15.0. The van der Waals surface area contributed by atoms with Crippen LogP contribution in [-0.4, -0.2) is 22.5 Å². The van der Waals surface area contributed by atoms with Crippen LogP contribution in [0.4, 0.5) is 0 Å². The number of nitrogens with zero attached hydrogens (tertiary/aromatic N) is 3. The Morgan fingerprint density at radius 2 is 1.89 bits per heavy atom. The Balaban J connectivity index is 1.80. The first-order valence-corrected chi connectivity index (χ1v) is 8.76. The van der Waals surface area contributed by atoms with E-state index in [-0.39, 0.29) is 0 Å². The van der Waals surface area contributed by atoms with Gasteiger partial charge in [-0.15, -0.1) is 0 Å². The zero-order valence-corrected chi connectivity index (χ0v) is 15.0. The molecule has 0 N–H and O–H groups in total. The van der Waals surface area contributed by atoms with Gasteiger partial charge in [0, 0.05) is 17.8 Å². The van der Waals surface area contributed by atoms with Crippen LogP contribution in [0.2, 0.25) is 0 Å². The van der Waals surface area contributed by atoms with Crippen LogP contribution in [0.5, 0.6) is 5.75 Å². The first-order valence-electron chi connectivity index (χ1n) is 8.76. The summed E-state index contributed by atoms with van der Waals surface area (Å²) < 4.78 is 7.55. The highest BCUT2D eigenvalue weighted by molar-refractivity contribution is 6.10. The molecule has 2 aromatic carbocycles. The van der Waals surface area contributed by atoms with Crippen molar-refractivity contribution in [3.8, 4) is 5.75 Å². The van der Waals surface area contributed by atoms with Crippen molar-refractivity contribution in [3.05, 3.63) is 84.0 Å². The minimum atomic E-state index is -0.519. The Morgan fingerprint density at radius 1 is 1.04 bits per heavy atom. The zero-order chi connectivity index (χ0) is 19.1. The van der Waals surface area contributed by atoms with Crippen molar-refractivity contribution in [1.82, 2.24) is 9.38 Å². The second-order valence-electron chi connectivity index (χ2n) is 6.32. The van der Waals surface area contributed by atoms with Crippen LogP contribution in [0.3, 0.4) is 0 Å². The van der Waals surface area contributed by atoms with Crippen molar-refractivity contribution in [2.75, 3.05) is 7.11 Å². The van der Waals surface area contributed by atoms with Gasteiger partial charge >= 0.3 is 5.97 Å². The predicted octanol–water partition coefficient (Wildman–Crippen LogP) is 3.76. The van der Waals surface area contributed by atoms with E-state index < -0.39 is 5.97 Å². The van der Waals surface area contributed by atoms with Gasteiger partial charge in [0.05, 0.1) is 23.7 Å². The fourth-order valence-electron chi connectivity index (χ4n) is 3.51. The summed E-state index contributed by atoms with van der Waals surface area (Å²) in [6.45, 7) is 0. The first-order chi connectivity index (χ1) is 13.8. The number of aromatic nitrogens is 2. The van der Waals surface area contributed by atoms with Crippen LogP contribution in [0.15, 0.2) is 78.2 Å². The van der Waals surface area contributed by atoms with E-state index in [1.165, 1.54) is 0 Å². The number of pyridine rings is 2. The summed E-state index contributed by atoms with van der Waals surface area (Å²) in [7, 11) is 1.64. The van der Waals surface area contributed by atoms with Gasteiger partial charge in [-0.25, -0.2) is 4.79 Å². The van der Waals surface area contributed by atoms with E-state index in [1.807, 2.05) is 47.0 Å². The number of hydrogen-bond acceptors (Lipinski definition) is 5. The van der Waals surface area contributed by atoms with Crippen LogP contribution in [-0.2, 0) is 4.84 Å². The molecule has 0 bridgehead atoms. The summed E-state index contributed by atoms with van der Waals surface area (Å²) in [5.41, 5.74) is 2.76. The highest BCUT2D eigenvalue weighted by Gasteiger charge is 2.16. The monoisotopic (exact) mass is 369 g/mol. The predicted molar refractivity (Wildman–Crippen MR) is 105 cm³/mol. The van der Waals surface area contributed by atoms with E-state index >= 15 is 0 Å². The lowest BCUT2D eigenvalue weighted by atomic mass is 10.1. The maximum absolute atomic E-state index is 12.3. The molecule has 5 aromatic rings. The number of hydrogen-bond donors (Lipinski definition) is 0. The summed E-state index contributed by atoms with van der Waals surface area (Å²) >= 11 is 0. The number of rotatable bonds is 3. The molecule has 0 aliphatic carbocycles. The molecule has 0 spiro atoms. The normalized spacial score (nSPS) is 12.1. The molecule has 0 fully saturated rings. The number of methoxy groups -OCH3 is 1. The van der Waals surface area contributed by atoms with Crippen molar-refractivity contribution in [3.63, 3.8) is 0 Å². The third-order valence-electron chi connectivity index (χ3n) is 4.77. The molecule has 0 amide bonds. The molecule has 0 saturated heterocycles. The van der Waals surface area contributed by atoms with E-state index in [2.05, 4.69) is 10.1 Å². The number of carbonyl (C=O) groups is 1. The molecule has 136 valence electrons. The van der Waals surface area contributed by atoms with E-state index in [0.717, 1.165) is 27.6 Å². The van der Waals surface area contributed by atoms with Crippen molar-refractivity contribution in [1.29, 1.82) is 0 Å². The van der Waals surface area contributed by atoms with E-state index in [9.17, 15) is 4.79 Å². The van der Waals surface area contributed by atoms with Crippen molar-refractivity contribution in [2.24, 2.45) is 5.16 Å². The van der Waals surface area contributed by atoms with Gasteiger partial charge in [-0.1, -0.05) is 29.4 Å². The molecule has 0 radical (unpaired) electrons. The number of benzene rings is 2. The molecule has 0 atom stereocenters. The Hall–Kier alpha value is -3.93. The maximum atomic E-state index is 12.3. The second-order valence-corrected chi connectivity index (χ2v) is 6.32. The quantitative estimate of drug-likeness (QED) is 0.359.